The Balaban J connectivity index is 2.86. The Kier molecular flexibility index (Phi) is 3.86. The monoisotopic (exact) mass is 232 g/mol. The van der Waals surface area contributed by atoms with Crippen LogP contribution in [0.15, 0.2) is 12.1 Å². The lowest BCUT2D eigenvalue weighted by Crippen LogP contribution is -2.25. The highest BCUT2D eigenvalue weighted by Gasteiger charge is 2.21. The summed E-state index contributed by atoms with van der Waals surface area (Å²) in [5, 5.41) is 18.8. The SMILES string of the molecule is NC(=O)CC(O)C(O)c1cc(F)nc(F)c1. The summed E-state index contributed by atoms with van der Waals surface area (Å²) < 4.78 is 25.4. The molecule has 16 heavy (non-hydrogen) atoms. The first kappa shape index (κ1) is 12.5. The third-order valence-electron chi connectivity index (χ3n) is 1.90. The van der Waals surface area contributed by atoms with Crippen LogP contribution >= 0.6 is 0 Å². The van der Waals surface area contributed by atoms with Gasteiger partial charge in [-0.1, -0.05) is 0 Å². The van der Waals surface area contributed by atoms with E-state index in [1.807, 2.05) is 0 Å². The lowest BCUT2D eigenvalue weighted by atomic mass is 10.0. The van der Waals surface area contributed by atoms with Crippen LogP contribution in [0.25, 0.3) is 0 Å². The zero-order chi connectivity index (χ0) is 12.3. The standard InChI is InChI=1S/C9H10F2N2O3/c10-6-1-4(2-7(11)13-6)9(16)5(14)3-8(12)15/h1-2,5,9,14,16H,3H2,(H2,12,15). The Labute approximate surface area is 89.5 Å². The number of hydrogen-bond donors (Lipinski definition) is 3. The minimum Gasteiger partial charge on any atom is -0.390 e. The summed E-state index contributed by atoms with van der Waals surface area (Å²) in [6.45, 7) is 0. The van der Waals surface area contributed by atoms with Gasteiger partial charge in [0.15, 0.2) is 0 Å². The number of aromatic nitrogens is 1. The summed E-state index contributed by atoms with van der Waals surface area (Å²) in [6.07, 6.45) is -3.62. The third-order valence-corrected chi connectivity index (χ3v) is 1.90. The van der Waals surface area contributed by atoms with Gasteiger partial charge in [0.1, 0.15) is 6.10 Å². The highest BCUT2D eigenvalue weighted by atomic mass is 19.1. The smallest absolute Gasteiger partial charge is 0.220 e. The maximum atomic E-state index is 12.7. The molecule has 0 spiro atoms. The van der Waals surface area contributed by atoms with Gasteiger partial charge in [-0.05, 0) is 17.7 Å². The molecule has 0 fully saturated rings. The van der Waals surface area contributed by atoms with Crippen molar-refractivity contribution in [1.82, 2.24) is 4.98 Å². The maximum absolute atomic E-state index is 12.7. The predicted molar refractivity (Wildman–Crippen MR) is 48.9 cm³/mol. The third kappa shape index (κ3) is 3.21. The largest absolute Gasteiger partial charge is 0.390 e. The van der Waals surface area contributed by atoms with E-state index in [9.17, 15) is 23.8 Å². The number of hydrogen-bond acceptors (Lipinski definition) is 4. The fourth-order valence-electron chi connectivity index (χ4n) is 1.19. The number of pyridine rings is 1. The zero-order valence-electron chi connectivity index (χ0n) is 8.10. The van der Waals surface area contributed by atoms with Crippen LogP contribution in [-0.4, -0.2) is 27.2 Å². The van der Waals surface area contributed by atoms with Crippen molar-refractivity contribution in [2.24, 2.45) is 5.73 Å². The van der Waals surface area contributed by atoms with Crippen molar-refractivity contribution < 1.29 is 23.8 Å². The van der Waals surface area contributed by atoms with Gasteiger partial charge in [-0.3, -0.25) is 4.79 Å². The molecule has 2 unspecified atom stereocenters. The Morgan fingerprint density at radius 2 is 1.88 bits per heavy atom. The normalized spacial score (nSPS) is 14.5. The molecular weight excluding hydrogens is 222 g/mol. The number of aliphatic hydroxyl groups excluding tert-OH is 2. The number of primary amides is 1. The van der Waals surface area contributed by atoms with Crippen LogP contribution in [0, 0.1) is 11.9 Å². The minimum absolute atomic E-state index is 0.209. The van der Waals surface area contributed by atoms with Gasteiger partial charge in [0.2, 0.25) is 17.8 Å². The van der Waals surface area contributed by atoms with Crippen LogP contribution in [0.2, 0.25) is 0 Å². The van der Waals surface area contributed by atoms with Crippen molar-refractivity contribution >= 4 is 5.91 Å². The van der Waals surface area contributed by atoms with E-state index in [1.54, 1.807) is 0 Å². The average Bonchev–Trinajstić information content (AvgIpc) is 2.13. The fraction of sp³-hybridized carbons (Fsp3) is 0.333. The first-order valence-electron chi connectivity index (χ1n) is 4.37. The van der Waals surface area contributed by atoms with Crippen LogP contribution in [0.4, 0.5) is 8.78 Å². The van der Waals surface area contributed by atoms with Crippen molar-refractivity contribution in [1.29, 1.82) is 0 Å². The Bertz CT molecular complexity index is 380. The molecule has 0 saturated heterocycles. The number of aliphatic hydroxyl groups is 2. The summed E-state index contributed by atoms with van der Waals surface area (Å²) in [4.78, 5) is 13.3. The molecule has 2 atom stereocenters. The first-order valence-corrected chi connectivity index (χ1v) is 4.37. The topological polar surface area (TPSA) is 96.4 Å². The molecule has 0 radical (unpaired) electrons. The number of carbonyl (C=O) groups excluding carboxylic acids is 1. The number of nitrogens with two attached hydrogens (primary N) is 1. The molecular formula is C9H10F2N2O3. The molecule has 1 aromatic rings. The second-order valence-corrected chi connectivity index (χ2v) is 3.23. The molecule has 0 aliphatic heterocycles. The van der Waals surface area contributed by atoms with Gasteiger partial charge in [0, 0.05) is 0 Å². The van der Waals surface area contributed by atoms with E-state index in [2.05, 4.69) is 4.98 Å². The van der Waals surface area contributed by atoms with E-state index in [1.165, 1.54) is 0 Å². The molecule has 0 aliphatic carbocycles. The second kappa shape index (κ2) is 4.95. The van der Waals surface area contributed by atoms with Crippen LogP contribution in [0.5, 0.6) is 0 Å². The Hall–Kier alpha value is -1.60. The molecule has 88 valence electrons. The van der Waals surface area contributed by atoms with Gasteiger partial charge in [-0.25, -0.2) is 0 Å². The van der Waals surface area contributed by atoms with Crippen molar-refractivity contribution in [2.45, 2.75) is 18.6 Å². The molecule has 5 nitrogen and oxygen atoms in total. The second-order valence-electron chi connectivity index (χ2n) is 3.23. The summed E-state index contributed by atoms with van der Waals surface area (Å²) in [5.41, 5.74) is 4.59. The van der Waals surface area contributed by atoms with E-state index in [-0.39, 0.29) is 5.56 Å². The van der Waals surface area contributed by atoms with E-state index in [0.717, 1.165) is 12.1 Å². The quantitative estimate of drug-likeness (QED) is 0.617. The van der Waals surface area contributed by atoms with Gasteiger partial charge in [-0.2, -0.15) is 13.8 Å². The van der Waals surface area contributed by atoms with Crippen LogP contribution in [0.3, 0.4) is 0 Å². The molecule has 0 saturated carbocycles. The number of rotatable bonds is 4. The lowest BCUT2D eigenvalue weighted by Gasteiger charge is -2.16. The predicted octanol–water partition coefficient (Wildman–Crippen LogP) is -0.371. The van der Waals surface area contributed by atoms with Crippen molar-refractivity contribution in [3.63, 3.8) is 0 Å². The van der Waals surface area contributed by atoms with E-state index < -0.39 is 36.4 Å². The number of carbonyl (C=O) groups is 1. The first-order chi connectivity index (χ1) is 7.40. The molecule has 7 heteroatoms. The van der Waals surface area contributed by atoms with E-state index in [0.29, 0.717) is 0 Å². The van der Waals surface area contributed by atoms with Gasteiger partial charge in [0.05, 0.1) is 12.5 Å². The van der Waals surface area contributed by atoms with Gasteiger partial charge >= 0.3 is 0 Å². The maximum Gasteiger partial charge on any atom is 0.220 e. The van der Waals surface area contributed by atoms with E-state index >= 15 is 0 Å². The fourth-order valence-corrected chi connectivity index (χ4v) is 1.19. The van der Waals surface area contributed by atoms with Crippen molar-refractivity contribution in [3.8, 4) is 0 Å². The molecule has 0 aliphatic rings. The molecule has 1 aromatic heterocycles. The summed E-state index contributed by atoms with van der Waals surface area (Å²) >= 11 is 0. The van der Waals surface area contributed by atoms with Crippen LogP contribution in [-0.2, 0) is 4.79 Å². The molecule has 1 amide bonds. The lowest BCUT2D eigenvalue weighted by molar-refractivity contribution is -0.121. The molecule has 0 bridgehead atoms. The van der Waals surface area contributed by atoms with Crippen molar-refractivity contribution in [2.75, 3.05) is 0 Å². The average molecular weight is 232 g/mol. The molecule has 1 heterocycles. The zero-order valence-corrected chi connectivity index (χ0v) is 8.10. The summed E-state index contributed by atoms with van der Waals surface area (Å²) in [5.74, 6) is -3.08. The Morgan fingerprint density at radius 1 is 1.38 bits per heavy atom. The molecule has 0 aromatic carbocycles. The van der Waals surface area contributed by atoms with Gasteiger partial charge in [0.25, 0.3) is 0 Å². The molecule has 1 rings (SSSR count). The highest BCUT2D eigenvalue weighted by Crippen LogP contribution is 2.19. The minimum atomic E-state index is -1.60. The number of amides is 1. The summed E-state index contributed by atoms with van der Waals surface area (Å²) in [6, 6.07) is 1.52. The number of halogens is 2. The van der Waals surface area contributed by atoms with Gasteiger partial charge < -0.3 is 15.9 Å². The van der Waals surface area contributed by atoms with E-state index in [4.69, 9.17) is 5.73 Å². The Morgan fingerprint density at radius 3 is 2.31 bits per heavy atom. The van der Waals surface area contributed by atoms with Crippen LogP contribution < -0.4 is 5.73 Å². The summed E-state index contributed by atoms with van der Waals surface area (Å²) in [7, 11) is 0. The molecule has 4 N–H and O–H groups in total. The highest BCUT2D eigenvalue weighted by molar-refractivity contribution is 5.74. The number of nitrogens with zero attached hydrogens (tertiary/aromatic N) is 1. The van der Waals surface area contributed by atoms with Crippen LogP contribution in [0.1, 0.15) is 18.1 Å². The van der Waals surface area contributed by atoms with Crippen molar-refractivity contribution in [3.05, 3.63) is 29.6 Å². The van der Waals surface area contributed by atoms with Gasteiger partial charge in [-0.15, -0.1) is 0 Å².